The van der Waals surface area contributed by atoms with Crippen molar-refractivity contribution in [3.63, 3.8) is 0 Å². The summed E-state index contributed by atoms with van der Waals surface area (Å²) in [6.07, 6.45) is 6.90. The lowest BCUT2D eigenvalue weighted by Crippen LogP contribution is -2.40. The summed E-state index contributed by atoms with van der Waals surface area (Å²) in [5.41, 5.74) is 2.99. The highest BCUT2D eigenvalue weighted by atomic mass is 15.2. The van der Waals surface area contributed by atoms with Crippen molar-refractivity contribution in [3.05, 3.63) is 0 Å². The van der Waals surface area contributed by atoms with Crippen LogP contribution in [0.15, 0.2) is 0 Å². The van der Waals surface area contributed by atoms with Gasteiger partial charge in [0.15, 0.2) is 0 Å². The highest BCUT2D eigenvalue weighted by molar-refractivity contribution is 4.98. The number of hydrazine groups is 1. The van der Waals surface area contributed by atoms with E-state index in [9.17, 15) is 0 Å². The Hall–Kier alpha value is -0.0800. The molecule has 3 N–H and O–H groups in total. The molecule has 0 aliphatic heterocycles. The van der Waals surface area contributed by atoms with Crippen LogP contribution in [0, 0.1) is 17.8 Å². The van der Waals surface area contributed by atoms with E-state index in [2.05, 4.69) is 12.3 Å². The molecule has 70 valence electrons. The van der Waals surface area contributed by atoms with E-state index in [0.29, 0.717) is 6.04 Å². The molecule has 2 aliphatic rings. The third-order valence-corrected chi connectivity index (χ3v) is 3.66. The van der Waals surface area contributed by atoms with Gasteiger partial charge in [-0.25, -0.2) is 0 Å². The molecule has 0 aromatic heterocycles. The molecule has 3 atom stereocenters. The molecule has 2 rings (SSSR count). The summed E-state index contributed by atoms with van der Waals surface area (Å²) in [7, 11) is 0. The van der Waals surface area contributed by atoms with E-state index in [1.165, 1.54) is 32.1 Å². The minimum absolute atomic E-state index is 0.600. The van der Waals surface area contributed by atoms with E-state index in [4.69, 9.17) is 5.84 Å². The molecule has 0 spiro atoms. The monoisotopic (exact) mass is 168 g/mol. The summed E-state index contributed by atoms with van der Waals surface area (Å²) >= 11 is 0. The first-order valence-corrected chi connectivity index (χ1v) is 5.31. The molecule has 3 unspecified atom stereocenters. The van der Waals surface area contributed by atoms with E-state index in [0.717, 1.165) is 17.8 Å². The van der Waals surface area contributed by atoms with Crippen molar-refractivity contribution in [3.8, 4) is 0 Å². The van der Waals surface area contributed by atoms with Gasteiger partial charge in [-0.05, 0) is 43.4 Å². The van der Waals surface area contributed by atoms with Gasteiger partial charge >= 0.3 is 0 Å². The fraction of sp³-hybridized carbons (Fsp3) is 1.00. The van der Waals surface area contributed by atoms with Gasteiger partial charge in [0.25, 0.3) is 0 Å². The van der Waals surface area contributed by atoms with E-state index in [1.54, 1.807) is 0 Å². The van der Waals surface area contributed by atoms with Crippen LogP contribution >= 0.6 is 0 Å². The van der Waals surface area contributed by atoms with Gasteiger partial charge in [0.2, 0.25) is 0 Å². The molecule has 0 amide bonds. The first-order valence-electron chi connectivity index (χ1n) is 5.31. The maximum atomic E-state index is 5.55. The summed E-state index contributed by atoms with van der Waals surface area (Å²) in [6, 6.07) is 0.600. The van der Waals surface area contributed by atoms with Crippen molar-refractivity contribution in [1.82, 2.24) is 5.43 Å². The smallest absolute Gasteiger partial charge is 0.0238 e. The summed E-state index contributed by atoms with van der Waals surface area (Å²) in [5, 5.41) is 0. The Bertz CT molecular complexity index is 148. The molecule has 0 radical (unpaired) electrons. The van der Waals surface area contributed by atoms with E-state index in [-0.39, 0.29) is 0 Å². The SMILES string of the molecule is CCCC(NN)C1CC2CC2C1. The average Bonchev–Trinajstić information content (AvgIpc) is 2.70. The van der Waals surface area contributed by atoms with Gasteiger partial charge in [0.05, 0.1) is 0 Å². The number of hydrogen-bond donors (Lipinski definition) is 2. The molecule has 2 saturated carbocycles. The molecule has 0 aromatic rings. The Labute approximate surface area is 74.9 Å². The summed E-state index contributed by atoms with van der Waals surface area (Å²) in [5.74, 6) is 8.61. The maximum Gasteiger partial charge on any atom is 0.0238 e. The standard InChI is InChI=1S/C10H20N2/c1-2-3-10(12-11)9-5-7-4-8(7)6-9/h7-10,12H,2-6,11H2,1H3. The molecular formula is C10H20N2. The van der Waals surface area contributed by atoms with Crippen molar-refractivity contribution >= 4 is 0 Å². The normalized spacial score (nSPS) is 41.0. The van der Waals surface area contributed by atoms with Crippen molar-refractivity contribution in [1.29, 1.82) is 0 Å². The molecule has 0 saturated heterocycles. The molecule has 0 bridgehead atoms. The summed E-state index contributed by atoms with van der Waals surface area (Å²) in [6.45, 7) is 2.24. The van der Waals surface area contributed by atoms with E-state index < -0.39 is 0 Å². The van der Waals surface area contributed by atoms with Gasteiger partial charge in [0, 0.05) is 6.04 Å². The lowest BCUT2D eigenvalue weighted by molar-refractivity contribution is 0.320. The van der Waals surface area contributed by atoms with Crippen LogP contribution in [0.5, 0.6) is 0 Å². The fourth-order valence-electron chi connectivity index (χ4n) is 2.86. The summed E-state index contributed by atoms with van der Waals surface area (Å²) < 4.78 is 0. The number of hydrogen-bond acceptors (Lipinski definition) is 2. The van der Waals surface area contributed by atoms with Gasteiger partial charge in [-0.3, -0.25) is 11.3 Å². The van der Waals surface area contributed by atoms with Crippen LogP contribution in [0.4, 0.5) is 0 Å². The van der Waals surface area contributed by atoms with Crippen molar-refractivity contribution in [2.45, 2.75) is 45.1 Å². The van der Waals surface area contributed by atoms with Crippen LogP contribution in [0.3, 0.4) is 0 Å². The number of nitrogens with two attached hydrogens (primary N) is 1. The minimum Gasteiger partial charge on any atom is -0.271 e. The fourth-order valence-corrected chi connectivity index (χ4v) is 2.86. The van der Waals surface area contributed by atoms with Crippen LogP contribution in [0.2, 0.25) is 0 Å². The number of fused-ring (bicyclic) bond motifs is 1. The largest absolute Gasteiger partial charge is 0.271 e. The quantitative estimate of drug-likeness (QED) is 0.495. The highest BCUT2D eigenvalue weighted by Crippen LogP contribution is 2.55. The Morgan fingerprint density at radius 3 is 2.50 bits per heavy atom. The molecule has 12 heavy (non-hydrogen) atoms. The van der Waals surface area contributed by atoms with Crippen LogP contribution in [0.25, 0.3) is 0 Å². The zero-order chi connectivity index (χ0) is 8.55. The second kappa shape index (κ2) is 3.35. The lowest BCUT2D eigenvalue weighted by Gasteiger charge is -2.23. The predicted octanol–water partition coefficient (Wildman–Crippen LogP) is 1.66. The molecule has 0 aromatic carbocycles. The predicted molar refractivity (Wildman–Crippen MR) is 50.3 cm³/mol. The van der Waals surface area contributed by atoms with E-state index in [1.807, 2.05) is 0 Å². The van der Waals surface area contributed by atoms with Gasteiger partial charge in [-0.15, -0.1) is 0 Å². The third kappa shape index (κ3) is 1.50. The molecule has 2 heteroatoms. The average molecular weight is 168 g/mol. The third-order valence-electron chi connectivity index (χ3n) is 3.66. The Kier molecular flexibility index (Phi) is 2.37. The number of rotatable bonds is 4. The Balaban J connectivity index is 1.81. The van der Waals surface area contributed by atoms with Crippen LogP contribution in [-0.2, 0) is 0 Å². The van der Waals surface area contributed by atoms with Crippen molar-refractivity contribution in [2.24, 2.45) is 23.6 Å². The maximum absolute atomic E-state index is 5.55. The van der Waals surface area contributed by atoms with Crippen LogP contribution in [0.1, 0.15) is 39.0 Å². The summed E-state index contributed by atoms with van der Waals surface area (Å²) in [4.78, 5) is 0. The van der Waals surface area contributed by atoms with Crippen LogP contribution in [-0.4, -0.2) is 6.04 Å². The molecule has 2 aliphatic carbocycles. The van der Waals surface area contributed by atoms with Gasteiger partial charge in [-0.2, -0.15) is 0 Å². The first kappa shape index (κ1) is 8.52. The minimum atomic E-state index is 0.600. The van der Waals surface area contributed by atoms with Gasteiger partial charge in [0.1, 0.15) is 0 Å². The van der Waals surface area contributed by atoms with Gasteiger partial charge in [-0.1, -0.05) is 13.3 Å². The zero-order valence-electron chi connectivity index (χ0n) is 7.92. The zero-order valence-corrected chi connectivity index (χ0v) is 7.92. The van der Waals surface area contributed by atoms with E-state index >= 15 is 0 Å². The highest BCUT2D eigenvalue weighted by Gasteiger charge is 2.47. The molecular weight excluding hydrogens is 148 g/mol. The topological polar surface area (TPSA) is 38.0 Å². The second-order valence-corrected chi connectivity index (χ2v) is 4.55. The Morgan fingerprint density at radius 1 is 1.33 bits per heavy atom. The second-order valence-electron chi connectivity index (χ2n) is 4.55. The Morgan fingerprint density at radius 2 is 2.00 bits per heavy atom. The number of nitrogens with one attached hydrogen (secondary N) is 1. The molecule has 0 heterocycles. The lowest BCUT2D eigenvalue weighted by atomic mass is 9.92. The van der Waals surface area contributed by atoms with Crippen LogP contribution < -0.4 is 11.3 Å². The first-order chi connectivity index (χ1) is 5.85. The van der Waals surface area contributed by atoms with Crippen molar-refractivity contribution < 1.29 is 0 Å². The molecule has 2 nitrogen and oxygen atoms in total. The van der Waals surface area contributed by atoms with Gasteiger partial charge < -0.3 is 0 Å². The molecule has 2 fully saturated rings. The van der Waals surface area contributed by atoms with Crippen molar-refractivity contribution in [2.75, 3.05) is 0 Å².